The van der Waals surface area contributed by atoms with Crippen molar-refractivity contribution < 1.29 is 9.53 Å². The van der Waals surface area contributed by atoms with Gasteiger partial charge >= 0.3 is 5.97 Å². The van der Waals surface area contributed by atoms with E-state index in [1.165, 1.54) is 44.1 Å². The van der Waals surface area contributed by atoms with Gasteiger partial charge in [0.1, 0.15) is 5.75 Å². The maximum atomic E-state index is 12.5. The number of nitrogens with zero attached hydrogens (tertiary/aromatic N) is 1. The molecule has 0 bridgehead atoms. The van der Waals surface area contributed by atoms with E-state index in [4.69, 9.17) is 10.00 Å². The highest BCUT2D eigenvalue weighted by atomic mass is 16.5. The van der Waals surface area contributed by atoms with Crippen LogP contribution in [-0.4, -0.2) is 5.97 Å². The molecule has 0 saturated heterocycles. The molecule has 0 aliphatic heterocycles. The number of esters is 1. The Hall–Kier alpha value is -3.12. The Morgan fingerprint density at radius 1 is 0.862 bits per heavy atom. The molecule has 0 N–H and O–H groups in total. The Balaban J connectivity index is 1.55. The zero-order chi connectivity index (χ0) is 20.5. The van der Waals surface area contributed by atoms with E-state index in [1.54, 1.807) is 12.1 Å². The van der Waals surface area contributed by atoms with Crippen LogP contribution >= 0.6 is 0 Å². The van der Waals surface area contributed by atoms with E-state index in [-0.39, 0.29) is 5.97 Å². The van der Waals surface area contributed by atoms with Crippen molar-refractivity contribution in [2.45, 2.75) is 51.9 Å². The second-order valence-electron chi connectivity index (χ2n) is 7.44. The second-order valence-corrected chi connectivity index (χ2v) is 7.44. The van der Waals surface area contributed by atoms with Gasteiger partial charge < -0.3 is 4.74 Å². The SMILES string of the molecule is CCCCCCCCc1ccc(C(=O)Oc2ccc3cc(C#N)ccc3c2)cc1. The van der Waals surface area contributed by atoms with Crippen molar-refractivity contribution in [2.24, 2.45) is 0 Å². The number of hydrogen-bond acceptors (Lipinski definition) is 3. The highest BCUT2D eigenvalue weighted by Gasteiger charge is 2.09. The number of unbranched alkanes of at least 4 members (excludes halogenated alkanes) is 5. The number of hydrogen-bond donors (Lipinski definition) is 0. The summed E-state index contributed by atoms with van der Waals surface area (Å²) < 4.78 is 5.54. The second kappa shape index (κ2) is 10.4. The highest BCUT2D eigenvalue weighted by molar-refractivity contribution is 5.92. The van der Waals surface area contributed by atoms with E-state index in [9.17, 15) is 4.79 Å². The minimum Gasteiger partial charge on any atom is -0.423 e. The molecule has 148 valence electrons. The average Bonchev–Trinajstić information content (AvgIpc) is 2.76. The number of nitriles is 1. The first-order chi connectivity index (χ1) is 14.2. The van der Waals surface area contributed by atoms with E-state index in [1.807, 2.05) is 48.5 Å². The van der Waals surface area contributed by atoms with Crippen LogP contribution in [0.15, 0.2) is 60.7 Å². The molecule has 0 aliphatic carbocycles. The molecular formula is C26H27NO2. The molecule has 3 heteroatoms. The van der Waals surface area contributed by atoms with Gasteiger partial charge in [0.25, 0.3) is 0 Å². The topological polar surface area (TPSA) is 50.1 Å². The molecule has 0 radical (unpaired) electrons. The smallest absolute Gasteiger partial charge is 0.343 e. The molecule has 0 aromatic heterocycles. The van der Waals surface area contributed by atoms with Crippen molar-refractivity contribution in [1.82, 2.24) is 0 Å². The molecule has 29 heavy (non-hydrogen) atoms. The van der Waals surface area contributed by atoms with Gasteiger partial charge in [0, 0.05) is 0 Å². The van der Waals surface area contributed by atoms with Gasteiger partial charge in [-0.25, -0.2) is 4.79 Å². The molecule has 3 rings (SSSR count). The van der Waals surface area contributed by atoms with Gasteiger partial charge in [-0.1, -0.05) is 63.3 Å². The summed E-state index contributed by atoms with van der Waals surface area (Å²) in [6, 6.07) is 20.7. The van der Waals surface area contributed by atoms with Crippen LogP contribution in [0.2, 0.25) is 0 Å². The van der Waals surface area contributed by atoms with E-state index < -0.39 is 0 Å². The molecule has 0 unspecified atom stereocenters. The summed E-state index contributed by atoms with van der Waals surface area (Å²) in [6.07, 6.45) is 8.75. The van der Waals surface area contributed by atoms with E-state index >= 15 is 0 Å². The van der Waals surface area contributed by atoms with Crippen LogP contribution < -0.4 is 4.74 Å². The normalized spacial score (nSPS) is 10.6. The highest BCUT2D eigenvalue weighted by Crippen LogP contribution is 2.23. The number of carbonyl (C=O) groups is 1. The minimum absolute atomic E-state index is 0.357. The number of aryl methyl sites for hydroxylation is 1. The summed E-state index contributed by atoms with van der Waals surface area (Å²) in [6.45, 7) is 2.23. The predicted molar refractivity (Wildman–Crippen MR) is 117 cm³/mol. The van der Waals surface area contributed by atoms with Crippen LogP contribution in [0.3, 0.4) is 0 Å². The molecule has 3 aromatic rings. The van der Waals surface area contributed by atoms with Crippen molar-refractivity contribution in [2.75, 3.05) is 0 Å². The third-order valence-corrected chi connectivity index (χ3v) is 5.16. The minimum atomic E-state index is -0.357. The third-order valence-electron chi connectivity index (χ3n) is 5.16. The fourth-order valence-corrected chi connectivity index (χ4v) is 3.44. The van der Waals surface area contributed by atoms with E-state index in [0.717, 1.165) is 17.2 Å². The number of benzene rings is 3. The molecule has 0 amide bonds. The van der Waals surface area contributed by atoms with Crippen molar-refractivity contribution in [3.05, 3.63) is 77.4 Å². The lowest BCUT2D eigenvalue weighted by Crippen LogP contribution is -2.08. The Labute approximate surface area is 172 Å². The van der Waals surface area contributed by atoms with E-state index in [0.29, 0.717) is 16.9 Å². The van der Waals surface area contributed by atoms with Gasteiger partial charge in [-0.15, -0.1) is 0 Å². The maximum absolute atomic E-state index is 12.5. The summed E-state index contributed by atoms with van der Waals surface area (Å²) >= 11 is 0. The molecule has 0 fully saturated rings. The van der Waals surface area contributed by atoms with Crippen molar-refractivity contribution in [3.8, 4) is 11.8 Å². The zero-order valence-corrected chi connectivity index (χ0v) is 17.0. The Morgan fingerprint density at radius 3 is 2.31 bits per heavy atom. The predicted octanol–water partition coefficient (Wildman–Crippen LogP) is 6.83. The van der Waals surface area contributed by atoms with Gasteiger partial charge in [-0.2, -0.15) is 5.26 Å². The van der Waals surface area contributed by atoms with Crippen LogP contribution in [0.5, 0.6) is 5.75 Å². The largest absolute Gasteiger partial charge is 0.423 e. The molecule has 0 aliphatic rings. The van der Waals surface area contributed by atoms with Crippen LogP contribution in [-0.2, 0) is 6.42 Å². The first-order valence-electron chi connectivity index (χ1n) is 10.4. The molecule has 3 nitrogen and oxygen atoms in total. The van der Waals surface area contributed by atoms with Crippen molar-refractivity contribution in [3.63, 3.8) is 0 Å². The number of rotatable bonds is 9. The summed E-state index contributed by atoms with van der Waals surface area (Å²) in [5, 5.41) is 10.9. The molecule has 3 aromatic carbocycles. The van der Waals surface area contributed by atoms with Crippen LogP contribution in [0, 0.1) is 11.3 Å². The molecule has 0 saturated carbocycles. The summed E-state index contributed by atoms with van der Waals surface area (Å²) in [7, 11) is 0. The molecule has 0 atom stereocenters. The Bertz CT molecular complexity index is 999. The summed E-state index contributed by atoms with van der Waals surface area (Å²) in [4.78, 5) is 12.5. The Morgan fingerprint density at radius 2 is 1.55 bits per heavy atom. The lowest BCUT2D eigenvalue weighted by atomic mass is 10.0. The van der Waals surface area contributed by atoms with Crippen molar-refractivity contribution >= 4 is 16.7 Å². The fraction of sp³-hybridized carbons (Fsp3) is 0.308. The number of fused-ring (bicyclic) bond motifs is 1. The molecule has 0 spiro atoms. The lowest BCUT2D eigenvalue weighted by molar-refractivity contribution is 0.0735. The Kier molecular flexibility index (Phi) is 7.41. The quantitative estimate of drug-likeness (QED) is 0.230. The van der Waals surface area contributed by atoms with Gasteiger partial charge in [0.05, 0.1) is 17.2 Å². The summed E-state index contributed by atoms with van der Waals surface area (Å²) in [5.74, 6) is 0.146. The fourth-order valence-electron chi connectivity index (χ4n) is 3.44. The first kappa shape index (κ1) is 20.6. The monoisotopic (exact) mass is 385 g/mol. The first-order valence-corrected chi connectivity index (χ1v) is 10.4. The van der Waals surface area contributed by atoms with Gasteiger partial charge in [-0.3, -0.25) is 0 Å². The van der Waals surface area contributed by atoms with Gasteiger partial charge in [0.15, 0.2) is 0 Å². The van der Waals surface area contributed by atoms with Crippen LogP contribution in [0.1, 0.15) is 66.9 Å². The standard InChI is InChI=1S/C26H27NO2/c1-2-3-4-5-6-7-8-20-9-12-22(13-10-20)26(28)29-25-16-15-23-17-21(19-27)11-14-24(23)18-25/h9-18H,2-8H2,1H3. The number of carbonyl (C=O) groups excluding carboxylic acids is 1. The van der Waals surface area contributed by atoms with Crippen molar-refractivity contribution in [1.29, 1.82) is 5.26 Å². The van der Waals surface area contributed by atoms with Crippen LogP contribution in [0.25, 0.3) is 10.8 Å². The summed E-state index contributed by atoms with van der Waals surface area (Å²) in [5.41, 5.74) is 2.43. The van der Waals surface area contributed by atoms with Crippen LogP contribution in [0.4, 0.5) is 0 Å². The maximum Gasteiger partial charge on any atom is 0.343 e. The van der Waals surface area contributed by atoms with E-state index in [2.05, 4.69) is 13.0 Å². The van der Waals surface area contributed by atoms with Gasteiger partial charge in [-0.05, 0) is 65.6 Å². The third kappa shape index (κ3) is 5.93. The zero-order valence-electron chi connectivity index (χ0n) is 17.0. The average molecular weight is 386 g/mol. The lowest BCUT2D eigenvalue weighted by Gasteiger charge is -2.07. The molecular weight excluding hydrogens is 358 g/mol. The molecule has 0 heterocycles. The van der Waals surface area contributed by atoms with Gasteiger partial charge in [0.2, 0.25) is 0 Å². The number of ether oxygens (including phenoxy) is 1.